The van der Waals surface area contributed by atoms with E-state index in [1.54, 1.807) is 0 Å². The number of halogens is 2. The quantitative estimate of drug-likeness (QED) is 0.583. The Morgan fingerprint density at radius 1 is 1.42 bits per heavy atom. The van der Waals surface area contributed by atoms with Crippen LogP contribution < -0.4 is 0 Å². The summed E-state index contributed by atoms with van der Waals surface area (Å²) in [4.78, 5) is 1.27. The molecule has 1 rings (SSSR count). The number of hydrogen-bond acceptors (Lipinski definition) is 1. The first-order valence-electron chi connectivity index (χ1n) is 3.70. The van der Waals surface area contributed by atoms with Gasteiger partial charge in [0.15, 0.2) is 0 Å². The van der Waals surface area contributed by atoms with Crippen molar-refractivity contribution in [3.63, 3.8) is 0 Å². The van der Waals surface area contributed by atoms with E-state index in [1.807, 2.05) is 36.0 Å². The minimum atomic E-state index is 0.603. The lowest BCUT2D eigenvalue weighted by atomic mass is 10.4. The Morgan fingerprint density at radius 3 is 2.50 bits per heavy atom. The molecule has 0 amide bonds. The Kier molecular flexibility index (Phi) is 4.47. The van der Waals surface area contributed by atoms with Crippen molar-refractivity contribution in [2.75, 3.05) is 5.33 Å². The Balaban J connectivity index is 2.58. The normalized spacial score (nSPS) is 12.9. The van der Waals surface area contributed by atoms with Gasteiger partial charge in [0, 0.05) is 20.5 Å². The molecule has 0 aliphatic rings. The lowest BCUT2D eigenvalue weighted by molar-refractivity contribution is 1.14. The van der Waals surface area contributed by atoms with E-state index in [9.17, 15) is 0 Å². The zero-order valence-corrected chi connectivity index (χ0v) is 9.92. The van der Waals surface area contributed by atoms with Crippen LogP contribution in [0.15, 0.2) is 29.2 Å². The summed E-state index contributed by atoms with van der Waals surface area (Å²) in [6, 6.07) is 7.94. The van der Waals surface area contributed by atoms with Crippen LogP contribution >= 0.6 is 39.3 Å². The van der Waals surface area contributed by atoms with E-state index in [-0.39, 0.29) is 0 Å². The second-order valence-corrected chi connectivity index (χ2v) is 5.13. The van der Waals surface area contributed by atoms with Gasteiger partial charge in [0.25, 0.3) is 0 Å². The van der Waals surface area contributed by atoms with Crippen LogP contribution in [-0.4, -0.2) is 10.6 Å². The summed E-state index contributed by atoms with van der Waals surface area (Å²) in [5.74, 6) is 0. The molecule has 1 aromatic carbocycles. The molecule has 1 aromatic rings. The van der Waals surface area contributed by atoms with Crippen LogP contribution in [0.1, 0.15) is 6.92 Å². The molecule has 1 unspecified atom stereocenters. The van der Waals surface area contributed by atoms with Crippen LogP contribution in [0.4, 0.5) is 0 Å². The van der Waals surface area contributed by atoms with Gasteiger partial charge < -0.3 is 0 Å². The maximum atomic E-state index is 5.76. The summed E-state index contributed by atoms with van der Waals surface area (Å²) in [5, 5.41) is 2.41. The maximum absolute atomic E-state index is 5.76. The summed E-state index contributed by atoms with van der Waals surface area (Å²) in [6.45, 7) is 2.19. The zero-order chi connectivity index (χ0) is 8.97. The molecule has 0 fully saturated rings. The van der Waals surface area contributed by atoms with E-state index in [4.69, 9.17) is 11.6 Å². The predicted molar refractivity (Wildman–Crippen MR) is 60.6 cm³/mol. The van der Waals surface area contributed by atoms with Gasteiger partial charge in [-0.1, -0.05) is 34.5 Å². The monoisotopic (exact) mass is 264 g/mol. The van der Waals surface area contributed by atoms with Crippen molar-refractivity contribution in [1.82, 2.24) is 0 Å². The molecule has 66 valence electrons. The third kappa shape index (κ3) is 3.38. The molecule has 0 N–H and O–H groups in total. The van der Waals surface area contributed by atoms with E-state index >= 15 is 0 Å². The van der Waals surface area contributed by atoms with E-state index in [0.717, 1.165) is 10.4 Å². The number of thioether (sulfide) groups is 1. The van der Waals surface area contributed by atoms with Gasteiger partial charge >= 0.3 is 0 Å². The molecule has 1 atom stereocenters. The average Bonchev–Trinajstić information content (AvgIpc) is 2.09. The summed E-state index contributed by atoms with van der Waals surface area (Å²) in [5.41, 5.74) is 0. The standard InChI is InChI=1S/C9H10BrClS/c1-7(6-10)12-9-4-2-8(11)3-5-9/h2-5,7H,6H2,1H3. The molecule has 0 saturated heterocycles. The van der Waals surface area contributed by atoms with Gasteiger partial charge in [-0.05, 0) is 24.3 Å². The molecule has 0 aromatic heterocycles. The fourth-order valence-electron chi connectivity index (χ4n) is 0.777. The summed E-state index contributed by atoms with van der Waals surface area (Å²) in [7, 11) is 0. The zero-order valence-electron chi connectivity index (χ0n) is 6.76. The van der Waals surface area contributed by atoms with E-state index in [2.05, 4.69) is 22.9 Å². The van der Waals surface area contributed by atoms with Crippen molar-refractivity contribution < 1.29 is 0 Å². The van der Waals surface area contributed by atoms with Crippen LogP contribution in [0, 0.1) is 0 Å². The van der Waals surface area contributed by atoms with Crippen molar-refractivity contribution in [2.45, 2.75) is 17.1 Å². The number of benzene rings is 1. The summed E-state index contributed by atoms with van der Waals surface area (Å²) >= 11 is 11.1. The third-order valence-corrected chi connectivity index (χ3v) is 4.13. The SMILES string of the molecule is CC(CBr)Sc1ccc(Cl)cc1. The van der Waals surface area contributed by atoms with Gasteiger partial charge in [-0.2, -0.15) is 0 Å². The van der Waals surface area contributed by atoms with Gasteiger partial charge in [0.2, 0.25) is 0 Å². The fraction of sp³-hybridized carbons (Fsp3) is 0.333. The highest BCUT2D eigenvalue weighted by Crippen LogP contribution is 2.25. The van der Waals surface area contributed by atoms with Gasteiger partial charge in [-0.3, -0.25) is 0 Å². The van der Waals surface area contributed by atoms with E-state index in [0.29, 0.717) is 5.25 Å². The maximum Gasteiger partial charge on any atom is 0.0406 e. The van der Waals surface area contributed by atoms with Gasteiger partial charge in [0.1, 0.15) is 0 Å². The molecule has 0 heterocycles. The summed E-state index contributed by atoms with van der Waals surface area (Å²) < 4.78 is 0. The average molecular weight is 266 g/mol. The second kappa shape index (κ2) is 5.15. The van der Waals surface area contributed by atoms with Gasteiger partial charge in [-0.15, -0.1) is 11.8 Å². The topological polar surface area (TPSA) is 0 Å². The van der Waals surface area contributed by atoms with Crippen LogP contribution in [0.25, 0.3) is 0 Å². The smallest absolute Gasteiger partial charge is 0.0406 e. The Labute approximate surface area is 90.8 Å². The highest BCUT2D eigenvalue weighted by atomic mass is 79.9. The van der Waals surface area contributed by atoms with Crippen molar-refractivity contribution >= 4 is 39.3 Å². The first-order valence-corrected chi connectivity index (χ1v) is 6.08. The highest BCUT2D eigenvalue weighted by molar-refractivity contribution is 9.09. The van der Waals surface area contributed by atoms with Crippen molar-refractivity contribution in [2.24, 2.45) is 0 Å². The van der Waals surface area contributed by atoms with Gasteiger partial charge in [-0.25, -0.2) is 0 Å². The molecule has 3 heteroatoms. The van der Waals surface area contributed by atoms with Crippen molar-refractivity contribution in [3.05, 3.63) is 29.3 Å². The molecule has 0 bridgehead atoms. The minimum absolute atomic E-state index is 0.603. The number of alkyl halides is 1. The van der Waals surface area contributed by atoms with Crippen molar-refractivity contribution in [3.8, 4) is 0 Å². The second-order valence-electron chi connectivity index (χ2n) is 2.54. The first kappa shape index (κ1) is 10.4. The third-order valence-electron chi connectivity index (χ3n) is 1.37. The molecule has 0 spiro atoms. The van der Waals surface area contributed by atoms with Crippen LogP contribution in [0.3, 0.4) is 0 Å². The van der Waals surface area contributed by atoms with E-state index in [1.165, 1.54) is 4.90 Å². The van der Waals surface area contributed by atoms with Crippen LogP contribution in [0.5, 0.6) is 0 Å². The molecule has 0 radical (unpaired) electrons. The predicted octanol–water partition coefficient (Wildman–Crippen LogP) is 4.22. The lowest BCUT2D eigenvalue weighted by Gasteiger charge is -2.06. The molecule has 0 saturated carbocycles. The van der Waals surface area contributed by atoms with E-state index < -0.39 is 0 Å². The Bertz CT molecular complexity index is 235. The Hall–Kier alpha value is 0.340. The lowest BCUT2D eigenvalue weighted by Crippen LogP contribution is -1.95. The number of rotatable bonds is 3. The molecule has 0 aliphatic carbocycles. The molecular weight excluding hydrogens is 256 g/mol. The molecule has 12 heavy (non-hydrogen) atoms. The van der Waals surface area contributed by atoms with Crippen LogP contribution in [-0.2, 0) is 0 Å². The first-order chi connectivity index (χ1) is 5.72. The fourth-order valence-corrected chi connectivity index (χ4v) is 2.12. The Morgan fingerprint density at radius 2 is 2.00 bits per heavy atom. The minimum Gasteiger partial charge on any atom is -0.122 e. The largest absolute Gasteiger partial charge is 0.122 e. The van der Waals surface area contributed by atoms with Gasteiger partial charge in [0.05, 0.1) is 0 Å². The molecular formula is C9H10BrClS. The van der Waals surface area contributed by atoms with Crippen molar-refractivity contribution in [1.29, 1.82) is 0 Å². The molecule has 0 nitrogen and oxygen atoms in total. The molecule has 0 aliphatic heterocycles. The number of hydrogen-bond donors (Lipinski definition) is 0. The summed E-state index contributed by atoms with van der Waals surface area (Å²) in [6.07, 6.45) is 0. The highest BCUT2D eigenvalue weighted by Gasteiger charge is 2.01. The van der Waals surface area contributed by atoms with Crippen LogP contribution in [0.2, 0.25) is 5.02 Å².